The van der Waals surface area contributed by atoms with E-state index in [9.17, 15) is 4.79 Å². The van der Waals surface area contributed by atoms with Crippen molar-refractivity contribution in [3.8, 4) is 0 Å². The molecule has 0 aliphatic heterocycles. The van der Waals surface area contributed by atoms with Crippen LogP contribution in [0.1, 0.15) is 203 Å². The maximum Gasteiger partial charge on any atom is 0.309 e. The molecule has 0 bridgehead atoms. The van der Waals surface area contributed by atoms with Crippen LogP contribution < -0.4 is 0 Å². The molecule has 5 aliphatic rings. The standard InChI is InChI=1S/C44H78O4.3H2O.2H2/c1-3-5-8-12-34-16-22-37(23-17-34)39-26-20-36(21-27-39)32-47-48-43(41-14-10-7-11-15-41)33-46-44(45)42-30-28-40(29-31-42)38-24-18-35(19-25-38)13-9-6-4-2;;;;;/h34-43H,3-33H2,1-2H3;3*1H2;2*1H. The number of hydrogen-bond donors (Lipinski definition) is 0. The fourth-order valence-electron chi connectivity index (χ4n) is 11.2. The number of carbonyl (C=O) groups is 1. The summed E-state index contributed by atoms with van der Waals surface area (Å²) < 4.78 is 6.05. The van der Waals surface area contributed by atoms with Crippen LogP contribution in [0.5, 0.6) is 0 Å². The third-order valence-electron chi connectivity index (χ3n) is 14.6. The van der Waals surface area contributed by atoms with Gasteiger partial charge in [-0.2, -0.15) is 0 Å². The van der Waals surface area contributed by atoms with E-state index in [4.69, 9.17) is 14.5 Å². The number of ether oxygens (including phenoxy) is 1. The second-order valence-electron chi connectivity index (χ2n) is 17.9. The molecule has 1 atom stereocenters. The van der Waals surface area contributed by atoms with Crippen LogP contribution in [-0.2, 0) is 19.3 Å². The molecule has 5 rings (SSSR count). The Balaban J connectivity index is 0.00000541. The number of esters is 1. The number of rotatable bonds is 18. The third kappa shape index (κ3) is 15.5. The molecule has 7 heteroatoms. The van der Waals surface area contributed by atoms with Gasteiger partial charge in [-0.1, -0.05) is 110 Å². The van der Waals surface area contributed by atoms with Crippen LogP contribution in [0.15, 0.2) is 0 Å². The van der Waals surface area contributed by atoms with Gasteiger partial charge >= 0.3 is 5.97 Å². The monoisotopic (exact) mass is 729 g/mol. The minimum Gasteiger partial charge on any atom is -0.463 e. The second kappa shape index (κ2) is 26.1. The van der Waals surface area contributed by atoms with Gasteiger partial charge in [0.15, 0.2) is 0 Å². The van der Waals surface area contributed by atoms with Crippen molar-refractivity contribution in [2.75, 3.05) is 13.2 Å². The summed E-state index contributed by atoms with van der Waals surface area (Å²) in [7, 11) is 0. The van der Waals surface area contributed by atoms with Gasteiger partial charge in [0.1, 0.15) is 12.7 Å². The summed E-state index contributed by atoms with van der Waals surface area (Å²) in [5.74, 6) is 6.85. The minimum atomic E-state index is -0.109. The predicted molar refractivity (Wildman–Crippen MR) is 214 cm³/mol. The zero-order valence-electron chi connectivity index (χ0n) is 33.3. The molecule has 0 spiro atoms. The van der Waals surface area contributed by atoms with E-state index in [-0.39, 0.29) is 37.3 Å². The molecule has 0 amide bonds. The van der Waals surface area contributed by atoms with Crippen molar-refractivity contribution in [2.24, 2.45) is 53.3 Å². The largest absolute Gasteiger partial charge is 0.463 e. The number of hydrogen-bond acceptors (Lipinski definition) is 4. The average molecular weight is 729 g/mol. The van der Waals surface area contributed by atoms with E-state index >= 15 is 0 Å². The highest BCUT2D eigenvalue weighted by Crippen LogP contribution is 2.44. The first-order valence-electron chi connectivity index (χ1n) is 22.1. The van der Waals surface area contributed by atoms with Gasteiger partial charge in [0.05, 0.1) is 12.5 Å². The third-order valence-corrected chi connectivity index (χ3v) is 14.6. The lowest BCUT2D eigenvalue weighted by atomic mass is 9.68. The van der Waals surface area contributed by atoms with Crippen LogP contribution in [-0.4, -0.2) is 41.7 Å². The molecule has 0 aromatic heterocycles. The molecule has 0 aromatic carbocycles. The van der Waals surface area contributed by atoms with E-state index in [1.807, 2.05) is 0 Å². The molecular formula is C44H88O7. The zero-order valence-corrected chi connectivity index (χ0v) is 33.3. The molecule has 0 aromatic rings. The van der Waals surface area contributed by atoms with E-state index in [2.05, 4.69) is 13.8 Å². The molecule has 0 saturated heterocycles. The van der Waals surface area contributed by atoms with Crippen LogP contribution in [0, 0.1) is 53.3 Å². The van der Waals surface area contributed by atoms with Crippen LogP contribution in [0.4, 0.5) is 0 Å². The quantitative estimate of drug-likeness (QED) is 0.0599. The molecular weight excluding hydrogens is 640 g/mol. The Hall–Kier alpha value is -0.730. The maximum atomic E-state index is 13.3. The summed E-state index contributed by atoms with van der Waals surface area (Å²) in [6.07, 6.45) is 38.9. The normalized spacial score (nSPS) is 32.4. The summed E-state index contributed by atoms with van der Waals surface area (Å²) >= 11 is 0. The second-order valence-corrected chi connectivity index (χ2v) is 17.9. The first-order chi connectivity index (χ1) is 23.6. The molecule has 51 heavy (non-hydrogen) atoms. The molecule has 5 saturated carbocycles. The van der Waals surface area contributed by atoms with Gasteiger partial charge in [0, 0.05) is 2.85 Å². The van der Waals surface area contributed by atoms with E-state index in [1.165, 1.54) is 173 Å². The van der Waals surface area contributed by atoms with Gasteiger partial charge in [0.2, 0.25) is 0 Å². The lowest BCUT2D eigenvalue weighted by Gasteiger charge is -2.38. The molecule has 7 nitrogen and oxygen atoms in total. The fraction of sp³-hybridized carbons (Fsp3) is 0.977. The van der Waals surface area contributed by atoms with Crippen molar-refractivity contribution in [3.05, 3.63) is 0 Å². The molecule has 1 unspecified atom stereocenters. The Kier molecular flexibility index (Phi) is 23.8. The highest BCUT2D eigenvalue weighted by Gasteiger charge is 2.35. The Bertz CT molecular complexity index is 858. The van der Waals surface area contributed by atoms with Crippen LogP contribution >= 0.6 is 0 Å². The Morgan fingerprint density at radius 1 is 0.549 bits per heavy atom. The van der Waals surface area contributed by atoms with Gasteiger partial charge in [0.25, 0.3) is 0 Å². The number of carbonyl (C=O) groups excluding carboxylic acids is 1. The Morgan fingerprint density at radius 3 is 1.43 bits per heavy atom. The van der Waals surface area contributed by atoms with Gasteiger partial charge in [-0.05, 0) is 137 Å². The summed E-state index contributed by atoms with van der Waals surface area (Å²) in [5, 5.41) is 0. The van der Waals surface area contributed by atoms with Gasteiger partial charge in [-0.25, -0.2) is 9.78 Å². The molecule has 6 N–H and O–H groups in total. The van der Waals surface area contributed by atoms with E-state index in [0.29, 0.717) is 25.0 Å². The van der Waals surface area contributed by atoms with Gasteiger partial charge in [-0.3, -0.25) is 4.79 Å². The smallest absolute Gasteiger partial charge is 0.309 e. The molecule has 0 radical (unpaired) electrons. The van der Waals surface area contributed by atoms with Gasteiger partial charge in [-0.15, -0.1) is 0 Å². The van der Waals surface area contributed by atoms with Crippen LogP contribution in [0.3, 0.4) is 0 Å². The van der Waals surface area contributed by atoms with Crippen molar-refractivity contribution in [2.45, 2.75) is 206 Å². The minimum absolute atomic E-state index is 0. The SMILES string of the molecule is CCCCCC1CCC(C2CCC(COOC(COC(=O)C3CCC(C4CCC(CCCCC)CC4)CC3)C3CCCCC3)CC2)CC1.O.O.O.[HH].[HH]. The Labute approximate surface area is 316 Å². The van der Waals surface area contributed by atoms with E-state index in [1.54, 1.807) is 0 Å². The first-order valence-corrected chi connectivity index (χ1v) is 22.1. The molecule has 5 aliphatic carbocycles. The first kappa shape index (κ1) is 46.4. The highest BCUT2D eigenvalue weighted by atomic mass is 17.2. The molecule has 306 valence electrons. The van der Waals surface area contributed by atoms with Crippen molar-refractivity contribution in [1.29, 1.82) is 0 Å². The lowest BCUT2D eigenvalue weighted by molar-refractivity contribution is -0.346. The van der Waals surface area contributed by atoms with Crippen molar-refractivity contribution in [1.82, 2.24) is 0 Å². The summed E-state index contributed by atoms with van der Waals surface area (Å²) in [5.41, 5.74) is 0. The fourth-order valence-corrected chi connectivity index (χ4v) is 11.2. The van der Waals surface area contributed by atoms with E-state index in [0.717, 1.165) is 48.3 Å². The summed E-state index contributed by atoms with van der Waals surface area (Å²) in [6, 6.07) is 0. The topological polar surface area (TPSA) is 139 Å². The van der Waals surface area contributed by atoms with Crippen molar-refractivity contribution in [3.63, 3.8) is 0 Å². The van der Waals surface area contributed by atoms with Crippen molar-refractivity contribution < 1.29 is 38.6 Å². The predicted octanol–water partition coefficient (Wildman–Crippen LogP) is 10.8. The van der Waals surface area contributed by atoms with Gasteiger partial charge < -0.3 is 21.2 Å². The molecule has 0 heterocycles. The van der Waals surface area contributed by atoms with E-state index < -0.39 is 0 Å². The molecule has 5 fully saturated rings. The van der Waals surface area contributed by atoms with Crippen molar-refractivity contribution >= 4 is 5.97 Å². The number of unbranched alkanes of at least 4 members (excludes halogenated alkanes) is 4. The lowest BCUT2D eigenvalue weighted by Crippen LogP contribution is -2.35. The van der Waals surface area contributed by atoms with Crippen LogP contribution in [0.2, 0.25) is 0 Å². The van der Waals surface area contributed by atoms with Crippen LogP contribution in [0.25, 0.3) is 0 Å². The zero-order chi connectivity index (χ0) is 33.4. The highest BCUT2D eigenvalue weighted by molar-refractivity contribution is 5.72. The summed E-state index contributed by atoms with van der Waals surface area (Å²) in [6.45, 7) is 5.71. The Morgan fingerprint density at radius 2 is 0.980 bits per heavy atom. The average Bonchev–Trinajstić information content (AvgIpc) is 3.14. The summed E-state index contributed by atoms with van der Waals surface area (Å²) in [4.78, 5) is 25.5. The maximum absolute atomic E-state index is 13.3.